The molecule has 4 rings (SSSR count). The van der Waals surface area contributed by atoms with Gasteiger partial charge < -0.3 is 14.5 Å². The fourth-order valence-corrected chi connectivity index (χ4v) is 5.29. The van der Waals surface area contributed by atoms with Crippen LogP contribution in [0, 0.1) is 5.92 Å². The van der Waals surface area contributed by atoms with Crippen LogP contribution in [0.2, 0.25) is 0 Å². The lowest BCUT2D eigenvalue weighted by Crippen LogP contribution is -2.49. The third-order valence-electron chi connectivity index (χ3n) is 6.12. The van der Waals surface area contributed by atoms with Gasteiger partial charge in [0.25, 0.3) is 0 Å². The normalized spacial score (nSPS) is 23.0. The van der Waals surface area contributed by atoms with E-state index in [1.165, 1.54) is 32.1 Å². The molecule has 6 nitrogen and oxygen atoms in total. The predicted molar refractivity (Wildman–Crippen MR) is 108 cm³/mol. The lowest BCUT2D eigenvalue weighted by Gasteiger charge is -2.35. The lowest BCUT2D eigenvalue weighted by molar-refractivity contribution is -0.132. The number of anilines is 1. The largest absolute Gasteiger partial charge is 0.379 e. The van der Waals surface area contributed by atoms with Gasteiger partial charge in [-0.15, -0.1) is 11.3 Å². The Labute approximate surface area is 166 Å². The third kappa shape index (κ3) is 5.21. The zero-order chi connectivity index (χ0) is 18.5. The molecule has 3 fully saturated rings. The van der Waals surface area contributed by atoms with Crippen LogP contribution in [0.1, 0.15) is 44.2 Å². The van der Waals surface area contributed by atoms with E-state index in [2.05, 4.69) is 20.1 Å². The molecule has 150 valence electrons. The van der Waals surface area contributed by atoms with Crippen LogP contribution in [-0.2, 0) is 16.1 Å². The van der Waals surface area contributed by atoms with Gasteiger partial charge in [0.2, 0.25) is 5.91 Å². The second-order valence-electron chi connectivity index (χ2n) is 8.09. The predicted octanol–water partition coefficient (Wildman–Crippen LogP) is 2.59. The van der Waals surface area contributed by atoms with Crippen LogP contribution in [-0.4, -0.2) is 73.2 Å². The summed E-state index contributed by atoms with van der Waals surface area (Å²) in [5, 5.41) is 3.29. The van der Waals surface area contributed by atoms with Crippen molar-refractivity contribution < 1.29 is 9.53 Å². The monoisotopic (exact) mass is 392 g/mol. The van der Waals surface area contributed by atoms with Gasteiger partial charge in [-0.25, -0.2) is 4.98 Å². The molecule has 0 N–H and O–H groups in total. The molecule has 2 aliphatic heterocycles. The quantitative estimate of drug-likeness (QED) is 0.771. The molecule has 0 bridgehead atoms. The number of thiazole rings is 1. The number of ether oxygens (including phenoxy) is 1. The molecular weight excluding hydrogens is 360 g/mol. The Morgan fingerprint density at radius 3 is 2.56 bits per heavy atom. The minimum atomic E-state index is 0.369. The van der Waals surface area contributed by atoms with E-state index < -0.39 is 0 Å². The van der Waals surface area contributed by atoms with E-state index in [1.54, 1.807) is 11.3 Å². The van der Waals surface area contributed by atoms with Crippen LogP contribution in [0.3, 0.4) is 0 Å². The first-order valence-electron chi connectivity index (χ1n) is 10.5. The van der Waals surface area contributed by atoms with E-state index in [0.29, 0.717) is 11.8 Å². The van der Waals surface area contributed by atoms with E-state index in [0.717, 1.165) is 76.3 Å². The third-order valence-corrected chi connectivity index (χ3v) is 7.07. The number of carbonyl (C=O) groups excluding carboxylic acids is 1. The van der Waals surface area contributed by atoms with Gasteiger partial charge in [0.15, 0.2) is 5.13 Å². The fraction of sp³-hybridized carbons (Fsp3) is 0.800. The average molecular weight is 393 g/mol. The average Bonchev–Trinajstić information content (AvgIpc) is 3.18. The maximum absolute atomic E-state index is 12.6. The zero-order valence-corrected chi connectivity index (χ0v) is 17.1. The van der Waals surface area contributed by atoms with Crippen molar-refractivity contribution in [3.05, 3.63) is 11.1 Å². The van der Waals surface area contributed by atoms with Crippen LogP contribution < -0.4 is 4.90 Å². The molecule has 2 saturated heterocycles. The second-order valence-corrected chi connectivity index (χ2v) is 8.92. The van der Waals surface area contributed by atoms with Crippen LogP contribution in [0.25, 0.3) is 0 Å². The number of rotatable bonds is 5. The number of carbonyl (C=O) groups is 1. The minimum absolute atomic E-state index is 0.369. The maximum atomic E-state index is 12.6. The molecule has 7 heteroatoms. The van der Waals surface area contributed by atoms with Crippen molar-refractivity contribution in [2.24, 2.45) is 5.92 Å². The van der Waals surface area contributed by atoms with E-state index in [1.807, 2.05) is 0 Å². The van der Waals surface area contributed by atoms with Crippen molar-refractivity contribution in [3.8, 4) is 0 Å². The molecule has 1 aliphatic carbocycles. The summed E-state index contributed by atoms with van der Waals surface area (Å²) in [6.07, 6.45) is 7.23. The summed E-state index contributed by atoms with van der Waals surface area (Å²) >= 11 is 1.74. The number of piperazine rings is 1. The molecule has 0 atom stereocenters. The Morgan fingerprint density at radius 2 is 1.81 bits per heavy atom. The van der Waals surface area contributed by atoms with Crippen molar-refractivity contribution in [3.63, 3.8) is 0 Å². The summed E-state index contributed by atoms with van der Waals surface area (Å²) in [4.78, 5) is 24.3. The second kappa shape index (κ2) is 9.34. The number of hydrogen-bond acceptors (Lipinski definition) is 6. The number of hydrogen-bond donors (Lipinski definition) is 0. The van der Waals surface area contributed by atoms with E-state index in [9.17, 15) is 4.79 Å². The topological polar surface area (TPSA) is 48.9 Å². The molecule has 1 amide bonds. The first-order valence-corrected chi connectivity index (χ1v) is 11.4. The van der Waals surface area contributed by atoms with Crippen molar-refractivity contribution in [2.45, 2.75) is 45.1 Å². The Bertz CT molecular complexity index is 603. The summed E-state index contributed by atoms with van der Waals surface area (Å²) < 4.78 is 5.42. The molecule has 1 saturated carbocycles. The van der Waals surface area contributed by atoms with Crippen molar-refractivity contribution in [1.82, 2.24) is 14.8 Å². The lowest BCUT2D eigenvalue weighted by atomic mass is 9.86. The molecule has 0 spiro atoms. The molecule has 1 aromatic heterocycles. The fourth-order valence-electron chi connectivity index (χ4n) is 4.42. The standard InChI is InChI=1S/C20H32N4O2S/c25-19(14-17-4-2-1-3-5-17)23-6-8-24(9-7-23)20-21-18(16-27-20)15-22-10-12-26-13-11-22/h16-17H,1-15H2. The molecule has 1 aromatic rings. The van der Waals surface area contributed by atoms with Crippen molar-refractivity contribution in [2.75, 3.05) is 57.4 Å². The molecule has 27 heavy (non-hydrogen) atoms. The summed E-state index contributed by atoms with van der Waals surface area (Å²) in [5.74, 6) is 1.000. The SMILES string of the molecule is O=C(CC1CCCCC1)N1CCN(c2nc(CN3CCOCC3)cs2)CC1. The summed E-state index contributed by atoms with van der Waals surface area (Å²) in [6.45, 7) is 8.04. The van der Waals surface area contributed by atoms with Gasteiger partial charge in [0, 0.05) is 57.6 Å². The van der Waals surface area contributed by atoms with Crippen LogP contribution in [0.15, 0.2) is 5.38 Å². The Hall–Kier alpha value is -1.18. The van der Waals surface area contributed by atoms with E-state index in [4.69, 9.17) is 9.72 Å². The number of nitrogens with zero attached hydrogens (tertiary/aromatic N) is 4. The van der Waals surface area contributed by atoms with Crippen LogP contribution in [0.5, 0.6) is 0 Å². The molecule has 3 aliphatic rings. The van der Waals surface area contributed by atoms with Crippen LogP contribution in [0.4, 0.5) is 5.13 Å². The highest BCUT2D eigenvalue weighted by Crippen LogP contribution is 2.27. The Kier molecular flexibility index (Phi) is 6.63. The van der Waals surface area contributed by atoms with E-state index in [-0.39, 0.29) is 0 Å². The van der Waals surface area contributed by atoms with Gasteiger partial charge >= 0.3 is 0 Å². The zero-order valence-electron chi connectivity index (χ0n) is 16.3. The highest BCUT2D eigenvalue weighted by Gasteiger charge is 2.25. The van der Waals surface area contributed by atoms with Crippen molar-refractivity contribution in [1.29, 1.82) is 0 Å². The van der Waals surface area contributed by atoms with Crippen molar-refractivity contribution >= 4 is 22.4 Å². The highest BCUT2D eigenvalue weighted by atomic mass is 32.1. The molecule has 0 radical (unpaired) electrons. The summed E-state index contributed by atoms with van der Waals surface area (Å²) in [6, 6.07) is 0. The smallest absolute Gasteiger partial charge is 0.222 e. The summed E-state index contributed by atoms with van der Waals surface area (Å²) in [5.41, 5.74) is 1.16. The number of amides is 1. The van der Waals surface area contributed by atoms with Gasteiger partial charge in [0.05, 0.1) is 18.9 Å². The molecule has 0 aromatic carbocycles. The first-order chi connectivity index (χ1) is 13.3. The van der Waals surface area contributed by atoms with Crippen LogP contribution >= 0.6 is 11.3 Å². The van der Waals surface area contributed by atoms with Gasteiger partial charge in [-0.2, -0.15) is 0 Å². The number of morpholine rings is 1. The molecule has 0 unspecified atom stereocenters. The van der Waals surface area contributed by atoms with E-state index >= 15 is 0 Å². The first kappa shape index (κ1) is 19.2. The summed E-state index contributed by atoms with van der Waals surface area (Å²) in [7, 11) is 0. The Morgan fingerprint density at radius 1 is 1.07 bits per heavy atom. The molecular formula is C20H32N4O2S. The Balaban J connectivity index is 1.23. The van der Waals surface area contributed by atoms with Gasteiger partial charge in [-0.05, 0) is 18.8 Å². The molecule has 3 heterocycles. The van der Waals surface area contributed by atoms with Gasteiger partial charge in [-0.3, -0.25) is 9.69 Å². The van der Waals surface area contributed by atoms with Gasteiger partial charge in [0.1, 0.15) is 0 Å². The number of aromatic nitrogens is 1. The maximum Gasteiger partial charge on any atom is 0.222 e. The van der Waals surface area contributed by atoms with Gasteiger partial charge in [-0.1, -0.05) is 19.3 Å². The highest BCUT2D eigenvalue weighted by molar-refractivity contribution is 7.13. The minimum Gasteiger partial charge on any atom is -0.379 e.